The molecule has 4 N–H and O–H groups in total. The van der Waals surface area contributed by atoms with E-state index in [1.165, 1.54) is 11.1 Å². The number of amides is 1. The van der Waals surface area contributed by atoms with Crippen LogP contribution < -0.4 is 16.2 Å². The van der Waals surface area contributed by atoms with E-state index >= 15 is 0 Å². The minimum absolute atomic E-state index is 0.116. The number of benzene rings is 1. The number of rotatable bonds is 7. The van der Waals surface area contributed by atoms with E-state index in [1.54, 1.807) is 0 Å². The first-order chi connectivity index (χ1) is 9.83. The van der Waals surface area contributed by atoms with Crippen molar-refractivity contribution in [2.24, 2.45) is 11.5 Å². The van der Waals surface area contributed by atoms with Crippen LogP contribution in [0.1, 0.15) is 43.4 Å². The van der Waals surface area contributed by atoms with Gasteiger partial charge in [-0.25, -0.2) is 0 Å². The normalized spacial score (nSPS) is 13.8. The van der Waals surface area contributed by atoms with Gasteiger partial charge in [-0.15, -0.1) is 0 Å². The summed E-state index contributed by atoms with van der Waals surface area (Å²) in [5.41, 5.74) is 15.4. The Hall–Kier alpha value is -1.81. The van der Waals surface area contributed by atoms with Gasteiger partial charge in [-0.05, 0) is 37.0 Å². The highest BCUT2D eigenvalue weighted by molar-refractivity contribution is 5.76. The Morgan fingerprint density at radius 2 is 2.05 bits per heavy atom. The summed E-state index contributed by atoms with van der Waals surface area (Å²) in [4.78, 5) is 11.3. The molecule has 0 radical (unpaired) electrons. The third-order valence-corrected chi connectivity index (χ3v) is 3.81. The van der Waals surface area contributed by atoms with Crippen LogP contribution >= 0.6 is 0 Å². The van der Waals surface area contributed by atoms with Gasteiger partial charge in [0, 0.05) is 17.4 Å². The first-order valence-corrected chi connectivity index (χ1v) is 7.26. The van der Waals surface area contributed by atoms with Crippen molar-refractivity contribution in [3.63, 3.8) is 0 Å². The molecule has 4 heteroatoms. The van der Waals surface area contributed by atoms with Gasteiger partial charge in [-0.2, -0.15) is 0 Å². The number of hydrogen-bond donors (Lipinski definition) is 2. The predicted molar refractivity (Wildman–Crippen MR) is 84.1 cm³/mol. The van der Waals surface area contributed by atoms with E-state index in [1.807, 2.05) is 26.8 Å². The number of aryl methyl sites for hydroxylation is 1. The predicted octanol–water partition coefficient (Wildman–Crippen LogP) is 2.32. The monoisotopic (exact) mass is 288 g/mol. The van der Waals surface area contributed by atoms with Crippen molar-refractivity contribution < 1.29 is 9.53 Å². The molecule has 0 saturated heterocycles. The molecule has 4 nitrogen and oxygen atoms in total. The fourth-order valence-electron chi connectivity index (χ4n) is 3.00. The van der Waals surface area contributed by atoms with Gasteiger partial charge in [0.2, 0.25) is 5.91 Å². The molecule has 1 aliphatic rings. The Bertz CT molecular complexity index is 589. The minimum Gasteiger partial charge on any atom is -0.478 e. The highest BCUT2D eigenvalue weighted by atomic mass is 16.5. The second-order valence-electron chi connectivity index (χ2n) is 6.37. The quantitative estimate of drug-likeness (QED) is 0.597. The third-order valence-electron chi connectivity index (χ3n) is 3.81. The molecule has 21 heavy (non-hydrogen) atoms. The van der Waals surface area contributed by atoms with E-state index in [2.05, 4.69) is 12.1 Å². The van der Waals surface area contributed by atoms with Crippen LogP contribution in [0, 0.1) is 6.92 Å². The number of carbonyl (C=O) groups is 1. The number of primary amides is 1. The summed E-state index contributed by atoms with van der Waals surface area (Å²) in [6.45, 7) is 6.18. The number of carbonyl (C=O) groups excluding carboxylic acids is 1. The van der Waals surface area contributed by atoms with E-state index < -0.39 is 0 Å². The van der Waals surface area contributed by atoms with Crippen LogP contribution in [0.2, 0.25) is 0 Å². The number of ether oxygens (including phenoxy) is 1. The van der Waals surface area contributed by atoms with Gasteiger partial charge >= 0.3 is 0 Å². The SMILES string of the molecule is Cc1cc(CC2=CC2)cc(OCN)c1C(C)(C)CC(N)=O. The average molecular weight is 288 g/mol. The summed E-state index contributed by atoms with van der Waals surface area (Å²) < 4.78 is 5.63. The molecular weight excluding hydrogens is 264 g/mol. The highest BCUT2D eigenvalue weighted by Crippen LogP contribution is 2.38. The standard InChI is InChI=1S/C17H24N2O2/c1-11-6-13(7-12-4-5-12)8-14(21-10-18)16(11)17(2,3)9-15(19)20/h4,6,8H,5,7,9-10,18H2,1-3H3,(H2,19,20). The van der Waals surface area contributed by atoms with Crippen LogP contribution in [0.25, 0.3) is 0 Å². The first-order valence-electron chi connectivity index (χ1n) is 7.26. The van der Waals surface area contributed by atoms with Gasteiger partial charge in [0.25, 0.3) is 0 Å². The van der Waals surface area contributed by atoms with E-state index in [0.29, 0.717) is 0 Å². The lowest BCUT2D eigenvalue weighted by molar-refractivity contribution is -0.119. The maximum atomic E-state index is 11.3. The molecule has 0 bridgehead atoms. The fourth-order valence-corrected chi connectivity index (χ4v) is 3.00. The molecular formula is C17H24N2O2. The van der Waals surface area contributed by atoms with Crippen molar-refractivity contribution in [2.75, 3.05) is 6.73 Å². The van der Waals surface area contributed by atoms with Gasteiger partial charge in [-0.1, -0.05) is 31.6 Å². The van der Waals surface area contributed by atoms with Crippen molar-refractivity contribution in [3.8, 4) is 5.75 Å². The molecule has 0 saturated carbocycles. The maximum absolute atomic E-state index is 11.3. The summed E-state index contributed by atoms with van der Waals surface area (Å²) >= 11 is 0. The van der Waals surface area contributed by atoms with Gasteiger partial charge in [0.05, 0.1) is 0 Å². The second kappa shape index (κ2) is 5.90. The largest absolute Gasteiger partial charge is 0.478 e. The van der Waals surface area contributed by atoms with Gasteiger partial charge < -0.3 is 10.5 Å². The molecule has 1 aromatic carbocycles. The average Bonchev–Trinajstić information content (AvgIpc) is 3.10. The molecule has 2 rings (SSSR count). The van der Waals surface area contributed by atoms with Gasteiger partial charge in [0.15, 0.2) is 0 Å². The maximum Gasteiger partial charge on any atom is 0.218 e. The van der Waals surface area contributed by atoms with E-state index in [0.717, 1.165) is 29.7 Å². The molecule has 0 aromatic heterocycles. The molecule has 0 heterocycles. The fraction of sp³-hybridized carbons (Fsp3) is 0.471. The van der Waals surface area contributed by atoms with Crippen LogP contribution in [0.3, 0.4) is 0 Å². The van der Waals surface area contributed by atoms with Crippen molar-refractivity contribution >= 4 is 5.91 Å². The number of hydrogen-bond acceptors (Lipinski definition) is 3. The molecule has 1 amide bonds. The zero-order chi connectivity index (χ0) is 15.6. The molecule has 1 aliphatic carbocycles. The number of allylic oxidation sites excluding steroid dienone is 2. The highest BCUT2D eigenvalue weighted by Gasteiger charge is 2.29. The lowest BCUT2D eigenvalue weighted by Crippen LogP contribution is -2.28. The Morgan fingerprint density at radius 1 is 1.38 bits per heavy atom. The lowest BCUT2D eigenvalue weighted by Gasteiger charge is -2.28. The van der Waals surface area contributed by atoms with E-state index in [9.17, 15) is 4.79 Å². The molecule has 0 spiro atoms. The second-order valence-corrected chi connectivity index (χ2v) is 6.37. The van der Waals surface area contributed by atoms with Gasteiger partial charge in [-0.3, -0.25) is 10.5 Å². The summed E-state index contributed by atoms with van der Waals surface area (Å²) in [7, 11) is 0. The van der Waals surface area contributed by atoms with Crippen LogP contribution in [-0.4, -0.2) is 12.6 Å². The Kier molecular flexibility index (Phi) is 4.37. The van der Waals surface area contributed by atoms with Crippen molar-refractivity contribution in [3.05, 3.63) is 40.5 Å². The smallest absolute Gasteiger partial charge is 0.218 e. The molecule has 0 atom stereocenters. The van der Waals surface area contributed by atoms with E-state index in [-0.39, 0.29) is 24.5 Å². The summed E-state index contributed by atoms with van der Waals surface area (Å²) in [6, 6.07) is 4.21. The summed E-state index contributed by atoms with van der Waals surface area (Å²) in [5.74, 6) is 0.449. The van der Waals surface area contributed by atoms with E-state index in [4.69, 9.17) is 16.2 Å². The summed E-state index contributed by atoms with van der Waals surface area (Å²) in [6.07, 6.45) is 4.57. The Labute approximate surface area is 126 Å². The summed E-state index contributed by atoms with van der Waals surface area (Å²) in [5, 5.41) is 0. The van der Waals surface area contributed by atoms with Crippen LogP contribution in [0.5, 0.6) is 5.75 Å². The molecule has 1 aromatic rings. The topological polar surface area (TPSA) is 78.3 Å². The molecule has 0 unspecified atom stereocenters. The zero-order valence-corrected chi connectivity index (χ0v) is 13.0. The molecule has 0 aliphatic heterocycles. The van der Waals surface area contributed by atoms with Crippen LogP contribution in [-0.2, 0) is 16.6 Å². The third kappa shape index (κ3) is 3.85. The molecule has 0 fully saturated rings. The van der Waals surface area contributed by atoms with Crippen LogP contribution in [0.15, 0.2) is 23.8 Å². The Balaban J connectivity index is 2.42. The lowest BCUT2D eigenvalue weighted by atomic mass is 9.78. The molecule has 114 valence electrons. The van der Waals surface area contributed by atoms with Crippen molar-refractivity contribution in [2.45, 2.75) is 45.4 Å². The van der Waals surface area contributed by atoms with Crippen LogP contribution in [0.4, 0.5) is 0 Å². The van der Waals surface area contributed by atoms with Crippen molar-refractivity contribution in [1.82, 2.24) is 0 Å². The Morgan fingerprint density at radius 3 is 2.57 bits per heavy atom. The van der Waals surface area contributed by atoms with Crippen molar-refractivity contribution in [1.29, 1.82) is 0 Å². The zero-order valence-electron chi connectivity index (χ0n) is 13.0. The van der Waals surface area contributed by atoms with Gasteiger partial charge in [0.1, 0.15) is 12.5 Å². The minimum atomic E-state index is -0.377. The first kappa shape index (κ1) is 15.6. The number of nitrogens with two attached hydrogens (primary N) is 2.